The minimum Gasteiger partial charge on any atom is -0.744 e. The van der Waals surface area contributed by atoms with Gasteiger partial charge in [-0.15, -0.1) is 0 Å². The number of aliphatic hydroxyl groups excluding tert-OH is 1. The molecule has 0 aromatic rings. The van der Waals surface area contributed by atoms with Crippen molar-refractivity contribution in [3.05, 3.63) is 0 Å². The fourth-order valence-corrected chi connectivity index (χ4v) is 0.627. The first-order chi connectivity index (χ1) is 4.19. The molecule has 1 unspecified atom stereocenters. The second-order valence-electron chi connectivity index (χ2n) is 1.79. The molecule has 0 aromatic carbocycles. The maximum absolute atomic E-state index is 9.88. The van der Waals surface area contributed by atoms with Crippen LogP contribution in [0.15, 0.2) is 0 Å². The molecule has 11 heavy (non-hydrogen) atoms. The molecule has 0 heterocycles. The van der Waals surface area contributed by atoms with Gasteiger partial charge in [-0.1, -0.05) is 0 Å². The van der Waals surface area contributed by atoms with E-state index >= 15 is 0 Å². The molecule has 0 aliphatic carbocycles. The van der Waals surface area contributed by atoms with Crippen LogP contribution in [0.2, 0.25) is 0 Å². The zero-order valence-corrected chi connectivity index (χ0v) is 8.87. The molecule has 0 aliphatic heterocycles. The zero-order valence-electron chi connectivity index (χ0n) is 6.05. The molecule has 8 heteroatoms. The second kappa shape index (κ2) is 4.15. The molecule has 0 saturated heterocycles. The van der Waals surface area contributed by atoms with E-state index in [1.165, 1.54) is 0 Å². The fraction of sp³-hybridized carbons (Fsp3) is 1.00. The molecule has 3 N–H and O–H groups in total. The molecular weight excluding hydrogens is 187 g/mol. The third-order valence-corrected chi connectivity index (χ3v) is 1.99. The minimum atomic E-state index is -5.29. The Morgan fingerprint density at radius 3 is 1.73 bits per heavy atom. The molecule has 62 valence electrons. The molecule has 0 spiro atoms. The molecule has 0 saturated carbocycles. The Labute approximate surface area is 85.9 Å². The van der Waals surface area contributed by atoms with Gasteiger partial charge in [0.2, 0.25) is 0 Å². The summed E-state index contributed by atoms with van der Waals surface area (Å²) in [7, 11) is -5.29. The SMILES string of the molecule is CC(O)C(O)(O)S(=O)(=O)[O-].[Na+]. The zero-order chi connectivity index (χ0) is 8.58. The third-order valence-electron chi connectivity index (χ3n) is 0.912. The van der Waals surface area contributed by atoms with Crippen molar-refractivity contribution in [2.24, 2.45) is 0 Å². The minimum absolute atomic E-state index is 0. The first-order valence-electron chi connectivity index (χ1n) is 2.28. The molecule has 1 atom stereocenters. The van der Waals surface area contributed by atoms with E-state index < -0.39 is 21.3 Å². The van der Waals surface area contributed by atoms with Gasteiger partial charge in [0.25, 0.3) is 5.12 Å². The van der Waals surface area contributed by atoms with Gasteiger partial charge in [-0.25, -0.2) is 8.42 Å². The van der Waals surface area contributed by atoms with Gasteiger partial charge in [-0.3, -0.25) is 0 Å². The van der Waals surface area contributed by atoms with E-state index in [-0.39, 0.29) is 29.6 Å². The third kappa shape index (κ3) is 3.34. The second-order valence-corrected chi connectivity index (χ2v) is 3.30. The van der Waals surface area contributed by atoms with E-state index in [0.717, 1.165) is 6.92 Å². The van der Waals surface area contributed by atoms with E-state index in [2.05, 4.69) is 0 Å². The van der Waals surface area contributed by atoms with Gasteiger partial charge in [0.05, 0.1) is 0 Å². The van der Waals surface area contributed by atoms with Crippen LogP contribution in [0, 0.1) is 0 Å². The normalized spacial score (nSPS) is 15.4. The summed E-state index contributed by atoms with van der Waals surface area (Å²) in [5, 5.41) is 21.4. The van der Waals surface area contributed by atoms with Crippen molar-refractivity contribution in [3.8, 4) is 0 Å². The Hall–Kier alpha value is 0.790. The van der Waals surface area contributed by atoms with E-state index in [4.69, 9.17) is 15.3 Å². The summed E-state index contributed by atoms with van der Waals surface area (Å²) in [5.41, 5.74) is 0. The van der Waals surface area contributed by atoms with E-state index in [1.54, 1.807) is 0 Å². The molecule has 0 aromatic heterocycles. The maximum atomic E-state index is 9.88. The van der Waals surface area contributed by atoms with Gasteiger partial charge in [0.15, 0.2) is 10.1 Å². The summed E-state index contributed by atoms with van der Waals surface area (Å²) in [6.07, 6.45) is -2.03. The van der Waals surface area contributed by atoms with Crippen LogP contribution in [0.1, 0.15) is 6.92 Å². The topological polar surface area (TPSA) is 118 Å². The van der Waals surface area contributed by atoms with Crippen LogP contribution in [0.4, 0.5) is 0 Å². The summed E-state index contributed by atoms with van der Waals surface area (Å²) < 4.78 is 29.6. The Kier molecular flexibility index (Phi) is 5.40. The van der Waals surface area contributed by atoms with Crippen molar-refractivity contribution in [2.75, 3.05) is 0 Å². The van der Waals surface area contributed by atoms with Crippen molar-refractivity contribution in [1.29, 1.82) is 0 Å². The molecule has 0 fully saturated rings. The van der Waals surface area contributed by atoms with Gasteiger partial charge < -0.3 is 19.9 Å². The summed E-state index contributed by atoms with van der Waals surface area (Å²) in [6, 6.07) is 0. The van der Waals surface area contributed by atoms with Crippen molar-refractivity contribution in [1.82, 2.24) is 0 Å². The van der Waals surface area contributed by atoms with E-state index in [0.29, 0.717) is 0 Å². The van der Waals surface area contributed by atoms with Crippen LogP contribution < -0.4 is 29.6 Å². The van der Waals surface area contributed by atoms with Gasteiger partial charge in [0.1, 0.15) is 6.10 Å². The number of aliphatic hydroxyl groups is 3. The Morgan fingerprint density at radius 1 is 1.45 bits per heavy atom. The molecular formula is C3H7NaO6S. The van der Waals surface area contributed by atoms with Crippen LogP contribution in [0.5, 0.6) is 0 Å². The number of hydrogen-bond donors (Lipinski definition) is 3. The number of rotatable bonds is 2. The fourth-order valence-electron chi connectivity index (χ4n) is 0.209. The van der Waals surface area contributed by atoms with Gasteiger partial charge >= 0.3 is 29.6 Å². The summed E-state index contributed by atoms with van der Waals surface area (Å²) in [4.78, 5) is 0. The van der Waals surface area contributed by atoms with Gasteiger partial charge in [0, 0.05) is 0 Å². The van der Waals surface area contributed by atoms with Crippen molar-refractivity contribution in [2.45, 2.75) is 18.1 Å². The van der Waals surface area contributed by atoms with Crippen molar-refractivity contribution < 1.29 is 57.8 Å². The summed E-state index contributed by atoms with van der Waals surface area (Å²) in [6.45, 7) is 0.773. The summed E-state index contributed by atoms with van der Waals surface area (Å²) in [5.74, 6) is 0. The van der Waals surface area contributed by atoms with Crippen molar-refractivity contribution in [3.63, 3.8) is 0 Å². The van der Waals surface area contributed by atoms with Crippen LogP contribution in [0.3, 0.4) is 0 Å². The predicted molar refractivity (Wildman–Crippen MR) is 28.5 cm³/mol. The smallest absolute Gasteiger partial charge is 0.744 e. The molecule has 0 radical (unpaired) electrons. The van der Waals surface area contributed by atoms with Gasteiger partial charge in [-0.05, 0) is 6.92 Å². The predicted octanol–water partition coefficient (Wildman–Crippen LogP) is -5.45. The Balaban J connectivity index is 0. The molecule has 0 bridgehead atoms. The van der Waals surface area contributed by atoms with E-state index in [1.807, 2.05) is 0 Å². The molecule has 6 nitrogen and oxygen atoms in total. The average molecular weight is 194 g/mol. The van der Waals surface area contributed by atoms with Crippen LogP contribution in [0.25, 0.3) is 0 Å². The van der Waals surface area contributed by atoms with E-state index in [9.17, 15) is 13.0 Å². The summed E-state index contributed by atoms with van der Waals surface area (Å²) >= 11 is 0. The molecule has 0 amide bonds. The Bertz CT molecular complexity index is 206. The van der Waals surface area contributed by atoms with Gasteiger partial charge in [-0.2, -0.15) is 0 Å². The van der Waals surface area contributed by atoms with Crippen molar-refractivity contribution >= 4 is 10.1 Å². The van der Waals surface area contributed by atoms with Crippen LogP contribution in [-0.2, 0) is 10.1 Å². The maximum Gasteiger partial charge on any atom is 1.00 e. The molecule has 0 rings (SSSR count). The standard InChI is InChI=1S/C3H8O6S.Na/c1-2(4)3(5,6)10(7,8)9;/h2,4-6H,1H3,(H,7,8,9);/q;+1/p-1. The van der Waals surface area contributed by atoms with Crippen LogP contribution in [-0.4, -0.2) is 39.5 Å². The first kappa shape index (κ1) is 14.3. The average Bonchev–Trinajstić information content (AvgIpc) is 1.62. The quantitative estimate of drug-likeness (QED) is 0.229. The Morgan fingerprint density at radius 2 is 1.73 bits per heavy atom. The molecule has 0 aliphatic rings. The van der Waals surface area contributed by atoms with Crippen LogP contribution >= 0.6 is 0 Å². The monoisotopic (exact) mass is 194 g/mol. The first-order valence-corrected chi connectivity index (χ1v) is 3.68. The number of hydrogen-bond acceptors (Lipinski definition) is 6. The largest absolute Gasteiger partial charge is 1.00 e.